The molecule has 0 saturated heterocycles. The highest BCUT2D eigenvalue weighted by Gasteiger charge is 2.13. The van der Waals surface area contributed by atoms with Gasteiger partial charge in [0.05, 0.1) is 34.3 Å². The first kappa shape index (κ1) is 12.8. The summed E-state index contributed by atoms with van der Waals surface area (Å²) < 4.78 is 9.68. The maximum absolute atomic E-state index is 12.0. The van der Waals surface area contributed by atoms with Gasteiger partial charge >= 0.3 is 0 Å². The summed E-state index contributed by atoms with van der Waals surface area (Å²) >= 11 is 7.16. The molecule has 3 N–H and O–H groups in total. The molecule has 1 amide bonds. The molecule has 102 valence electrons. The third-order valence-corrected chi connectivity index (χ3v) is 3.46. The van der Waals surface area contributed by atoms with Crippen LogP contribution in [0.25, 0.3) is 11.0 Å². The summed E-state index contributed by atoms with van der Waals surface area (Å²) in [5.41, 5.74) is 7.77. The summed E-state index contributed by atoms with van der Waals surface area (Å²) in [6.45, 7) is 0.0431. The SMILES string of the molecule is Nc1cnn(CC(=O)Nc2c(Cl)ccc3nsnc23)c1. The van der Waals surface area contributed by atoms with E-state index in [1.165, 1.54) is 10.9 Å². The van der Waals surface area contributed by atoms with Crippen LogP contribution >= 0.6 is 23.3 Å². The van der Waals surface area contributed by atoms with E-state index in [1.807, 2.05) is 0 Å². The number of hydrogen-bond donors (Lipinski definition) is 2. The van der Waals surface area contributed by atoms with E-state index in [4.69, 9.17) is 17.3 Å². The number of anilines is 2. The zero-order valence-electron chi connectivity index (χ0n) is 10.1. The summed E-state index contributed by atoms with van der Waals surface area (Å²) in [6, 6.07) is 3.43. The van der Waals surface area contributed by atoms with Crippen molar-refractivity contribution in [2.75, 3.05) is 11.1 Å². The van der Waals surface area contributed by atoms with Crippen LogP contribution in [-0.2, 0) is 11.3 Å². The van der Waals surface area contributed by atoms with Crippen molar-refractivity contribution >= 4 is 51.6 Å². The molecular weight excluding hydrogens is 300 g/mol. The minimum absolute atomic E-state index is 0.0431. The van der Waals surface area contributed by atoms with Crippen molar-refractivity contribution in [3.8, 4) is 0 Å². The molecule has 9 heteroatoms. The van der Waals surface area contributed by atoms with Gasteiger partial charge in [-0.1, -0.05) is 11.6 Å². The van der Waals surface area contributed by atoms with Crippen molar-refractivity contribution < 1.29 is 4.79 Å². The minimum Gasteiger partial charge on any atom is -0.396 e. The standard InChI is InChI=1S/C11H9ClN6OS/c12-7-1-2-8-11(17-20-16-8)10(7)15-9(19)5-18-4-6(13)3-14-18/h1-4H,5,13H2,(H,15,19). The molecule has 7 nitrogen and oxygen atoms in total. The molecule has 0 saturated carbocycles. The highest BCUT2D eigenvalue weighted by Crippen LogP contribution is 2.29. The molecule has 0 aliphatic carbocycles. The summed E-state index contributed by atoms with van der Waals surface area (Å²) in [5.74, 6) is -0.268. The highest BCUT2D eigenvalue weighted by atomic mass is 35.5. The van der Waals surface area contributed by atoms with Crippen molar-refractivity contribution in [2.45, 2.75) is 6.54 Å². The second-order valence-corrected chi connectivity index (χ2v) is 5.01. The van der Waals surface area contributed by atoms with Crippen LogP contribution in [0, 0.1) is 0 Å². The number of nitrogens with two attached hydrogens (primary N) is 1. The predicted molar refractivity (Wildman–Crippen MR) is 77.7 cm³/mol. The number of hydrogen-bond acceptors (Lipinski definition) is 6. The number of nitrogens with one attached hydrogen (secondary N) is 1. The van der Waals surface area contributed by atoms with Crippen molar-refractivity contribution in [3.05, 3.63) is 29.5 Å². The Labute approximate surface area is 122 Å². The van der Waals surface area contributed by atoms with E-state index in [-0.39, 0.29) is 12.5 Å². The van der Waals surface area contributed by atoms with Crippen molar-refractivity contribution in [3.63, 3.8) is 0 Å². The lowest BCUT2D eigenvalue weighted by molar-refractivity contribution is -0.116. The maximum Gasteiger partial charge on any atom is 0.246 e. The summed E-state index contributed by atoms with van der Waals surface area (Å²) in [4.78, 5) is 12.0. The Balaban J connectivity index is 1.83. The molecule has 1 aromatic carbocycles. The second-order valence-electron chi connectivity index (χ2n) is 4.07. The van der Waals surface area contributed by atoms with Gasteiger partial charge in [0.2, 0.25) is 5.91 Å². The van der Waals surface area contributed by atoms with Gasteiger partial charge in [0.25, 0.3) is 0 Å². The molecule has 0 spiro atoms. The van der Waals surface area contributed by atoms with Crippen LogP contribution in [0.5, 0.6) is 0 Å². The van der Waals surface area contributed by atoms with Gasteiger partial charge in [-0.2, -0.15) is 13.8 Å². The fraction of sp³-hybridized carbons (Fsp3) is 0.0909. The Morgan fingerprint density at radius 1 is 1.45 bits per heavy atom. The number of carbonyl (C=O) groups is 1. The maximum atomic E-state index is 12.0. The van der Waals surface area contributed by atoms with Crippen LogP contribution in [0.15, 0.2) is 24.5 Å². The average molecular weight is 309 g/mol. The molecule has 0 bridgehead atoms. The average Bonchev–Trinajstić information content (AvgIpc) is 3.02. The molecule has 3 rings (SSSR count). The highest BCUT2D eigenvalue weighted by molar-refractivity contribution is 7.00. The molecule has 2 aromatic heterocycles. The lowest BCUT2D eigenvalue weighted by Gasteiger charge is -2.07. The molecular formula is C11H9ClN6OS. The van der Waals surface area contributed by atoms with E-state index >= 15 is 0 Å². The first-order chi connectivity index (χ1) is 9.63. The number of amides is 1. The zero-order valence-corrected chi connectivity index (χ0v) is 11.6. The lowest BCUT2D eigenvalue weighted by atomic mass is 10.2. The van der Waals surface area contributed by atoms with E-state index < -0.39 is 0 Å². The molecule has 0 fully saturated rings. The number of halogens is 1. The van der Waals surface area contributed by atoms with E-state index in [2.05, 4.69) is 19.2 Å². The number of nitrogen functional groups attached to an aromatic ring is 1. The van der Waals surface area contributed by atoms with Crippen molar-refractivity contribution in [1.29, 1.82) is 0 Å². The Hall–Kier alpha value is -2.19. The number of carbonyl (C=O) groups excluding carboxylic acids is 1. The Morgan fingerprint density at radius 3 is 3.05 bits per heavy atom. The zero-order chi connectivity index (χ0) is 14.1. The smallest absolute Gasteiger partial charge is 0.246 e. The molecule has 0 unspecified atom stereocenters. The molecule has 0 radical (unpaired) electrons. The normalized spacial score (nSPS) is 10.8. The first-order valence-corrected chi connectivity index (χ1v) is 6.73. The molecule has 20 heavy (non-hydrogen) atoms. The fourth-order valence-electron chi connectivity index (χ4n) is 1.74. The third kappa shape index (κ3) is 2.43. The Morgan fingerprint density at radius 2 is 2.30 bits per heavy atom. The van der Waals surface area contributed by atoms with Crippen molar-refractivity contribution in [2.24, 2.45) is 0 Å². The molecule has 3 aromatic rings. The van der Waals surface area contributed by atoms with Crippen LogP contribution in [0.4, 0.5) is 11.4 Å². The third-order valence-electron chi connectivity index (χ3n) is 2.60. The van der Waals surface area contributed by atoms with Crippen LogP contribution in [0.1, 0.15) is 0 Å². The lowest BCUT2D eigenvalue weighted by Crippen LogP contribution is -2.19. The van der Waals surface area contributed by atoms with E-state index in [0.717, 1.165) is 11.7 Å². The Bertz CT molecular complexity index is 782. The summed E-state index contributed by atoms with van der Waals surface area (Å²) in [6.07, 6.45) is 3.05. The van der Waals surface area contributed by atoms with Gasteiger partial charge < -0.3 is 11.1 Å². The fourth-order valence-corrected chi connectivity index (χ4v) is 2.48. The van der Waals surface area contributed by atoms with Crippen LogP contribution in [0.3, 0.4) is 0 Å². The van der Waals surface area contributed by atoms with Gasteiger partial charge in [-0.05, 0) is 12.1 Å². The summed E-state index contributed by atoms with van der Waals surface area (Å²) in [7, 11) is 0. The molecule has 0 aliphatic heterocycles. The summed E-state index contributed by atoms with van der Waals surface area (Å²) in [5, 5.41) is 7.09. The molecule has 0 atom stereocenters. The van der Waals surface area contributed by atoms with Crippen LogP contribution in [-0.4, -0.2) is 24.4 Å². The number of benzene rings is 1. The monoisotopic (exact) mass is 308 g/mol. The van der Waals surface area contributed by atoms with E-state index in [1.54, 1.807) is 18.3 Å². The van der Waals surface area contributed by atoms with Crippen molar-refractivity contribution in [1.82, 2.24) is 18.5 Å². The van der Waals surface area contributed by atoms with E-state index in [0.29, 0.717) is 27.4 Å². The van der Waals surface area contributed by atoms with Gasteiger partial charge in [-0.15, -0.1) is 0 Å². The van der Waals surface area contributed by atoms with Gasteiger partial charge in [-0.25, -0.2) is 0 Å². The number of aromatic nitrogens is 4. The Kier molecular flexibility index (Phi) is 3.25. The topological polar surface area (TPSA) is 98.7 Å². The van der Waals surface area contributed by atoms with Crippen LogP contribution in [0.2, 0.25) is 5.02 Å². The van der Waals surface area contributed by atoms with Gasteiger partial charge in [0.15, 0.2) is 0 Å². The predicted octanol–water partition coefficient (Wildman–Crippen LogP) is 1.76. The van der Waals surface area contributed by atoms with Gasteiger partial charge in [-0.3, -0.25) is 9.48 Å². The largest absolute Gasteiger partial charge is 0.396 e. The van der Waals surface area contributed by atoms with E-state index in [9.17, 15) is 4.79 Å². The molecule has 2 heterocycles. The molecule has 0 aliphatic rings. The second kappa shape index (κ2) is 5.06. The van der Waals surface area contributed by atoms with Crippen LogP contribution < -0.4 is 11.1 Å². The quantitative estimate of drug-likeness (QED) is 0.768. The minimum atomic E-state index is -0.268. The first-order valence-electron chi connectivity index (χ1n) is 5.62. The number of fused-ring (bicyclic) bond motifs is 1. The number of rotatable bonds is 3. The van der Waals surface area contributed by atoms with Gasteiger partial charge in [0, 0.05) is 6.20 Å². The van der Waals surface area contributed by atoms with Gasteiger partial charge in [0.1, 0.15) is 17.6 Å². The number of nitrogens with zero attached hydrogens (tertiary/aromatic N) is 4.